The van der Waals surface area contributed by atoms with Crippen LogP contribution in [0, 0.1) is 5.92 Å². The van der Waals surface area contributed by atoms with Crippen LogP contribution in [-0.2, 0) is 9.59 Å². The molecule has 1 aromatic rings. The van der Waals surface area contributed by atoms with E-state index in [0.29, 0.717) is 41.7 Å². The lowest BCUT2D eigenvalue weighted by Gasteiger charge is -2.30. The average Bonchev–Trinajstić information content (AvgIpc) is 2.95. The van der Waals surface area contributed by atoms with E-state index < -0.39 is 0 Å². The van der Waals surface area contributed by atoms with E-state index >= 15 is 0 Å². The number of anilines is 1. The number of nitrogens with one attached hydrogen (secondary N) is 2. The number of halogens is 2. The molecule has 0 radical (unpaired) electrons. The maximum atomic E-state index is 12.8. The van der Waals surface area contributed by atoms with Gasteiger partial charge in [-0.3, -0.25) is 9.59 Å². The quantitative estimate of drug-likeness (QED) is 0.712. The van der Waals surface area contributed by atoms with Crippen LogP contribution in [0.4, 0.5) is 5.69 Å². The van der Waals surface area contributed by atoms with Crippen molar-refractivity contribution in [1.29, 1.82) is 0 Å². The van der Waals surface area contributed by atoms with E-state index in [2.05, 4.69) is 10.6 Å². The van der Waals surface area contributed by atoms with Crippen LogP contribution in [0.1, 0.15) is 45.4 Å². The van der Waals surface area contributed by atoms with Gasteiger partial charge in [0.25, 0.3) is 0 Å². The fraction of sp³-hybridized carbons (Fsp3) is 0.600. The predicted molar refractivity (Wildman–Crippen MR) is 111 cm³/mol. The average molecular weight is 414 g/mol. The molecular formula is C20H29Cl2N3O2. The highest BCUT2D eigenvalue weighted by atomic mass is 35.5. The van der Waals surface area contributed by atoms with Gasteiger partial charge in [0.05, 0.1) is 6.54 Å². The summed E-state index contributed by atoms with van der Waals surface area (Å²) in [5.74, 6) is 0.379. The van der Waals surface area contributed by atoms with E-state index in [4.69, 9.17) is 11.6 Å². The van der Waals surface area contributed by atoms with Gasteiger partial charge in [-0.1, -0.05) is 18.5 Å². The zero-order chi connectivity index (χ0) is 18.5. The molecule has 2 bridgehead atoms. The number of fused-ring (bicyclic) bond motifs is 2. The number of amides is 2. The Morgan fingerprint density at radius 2 is 1.81 bits per heavy atom. The Labute approximate surface area is 172 Å². The Bertz CT molecular complexity index is 627. The van der Waals surface area contributed by atoms with Gasteiger partial charge in [0.1, 0.15) is 0 Å². The van der Waals surface area contributed by atoms with Crippen LogP contribution in [0.2, 0.25) is 5.02 Å². The first-order valence-electron chi connectivity index (χ1n) is 9.62. The summed E-state index contributed by atoms with van der Waals surface area (Å²) in [7, 11) is 0. The van der Waals surface area contributed by atoms with Crippen LogP contribution in [0.25, 0.3) is 0 Å². The molecule has 2 atom stereocenters. The van der Waals surface area contributed by atoms with Crippen LogP contribution >= 0.6 is 24.0 Å². The molecule has 2 aliphatic heterocycles. The van der Waals surface area contributed by atoms with Crippen molar-refractivity contribution in [3.05, 3.63) is 29.3 Å². The summed E-state index contributed by atoms with van der Waals surface area (Å²) in [6.45, 7) is 2.75. The van der Waals surface area contributed by atoms with E-state index in [-0.39, 0.29) is 30.8 Å². The molecule has 0 aromatic heterocycles. The smallest absolute Gasteiger partial charge is 0.243 e. The van der Waals surface area contributed by atoms with Gasteiger partial charge < -0.3 is 15.5 Å². The molecule has 2 fully saturated rings. The minimum absolute atomic E-state index is 0. The third kappa shape index (κ3) is 6.37. The summed E-state index contributed by atoms with van der Waals surface area (Å²) in [4.78, 5) is 26.8. The summed E-state index contributed by atoms with van der Waals surface area (Å²) >= 11 is 5.86. The number of carbonyl (C=O) groups excluding carboxylic acids is 2. The van der Waals surface area contributed by atoms with Crippen molar-refractivity contribution in [1.82, 2.24) is 10.2 Å². The number of nitrogens with zero attached hydrogens (tertiary/aromatic N) is 1. The molecule has 3 rings (SSSR count). The molecule has 2 aliphatic rings. The standard InChI is InChI=1S/C20H28ClN3O2.ClH/c1-2-9-24(13-19(25)23-16-5-3-15(21)4-6-16)20(26)12-14-10-17-7-8-18(11-14)22-17;/h3-6,14,17-18,22H,2,7-13H2,1H3,(H,23,25);1H. The maximum Gasteiger partial charge on any atom is 0.243 e. The highest BCUT2D eigenvalue weighted by Gasteiger charge is 2.34. The molecule has 2 N–H and O–H groups in total. The predicted octanol–water partition coefficient (Wildman–Crippen LogP) is 3.86. The zero-order valence-electron chi connectivity index (χ0n) is 15.7. The van der Waals surface area contributed by atoms with Crippen LogP contribution in [0.5, 0.6) is 0 Å². The molecular weight excluding hydrogens is 385 g/mol. The zero-order valence-corrected chi connectivity index (χ0v) is 17.3. The molecule has 2 heterocycles. The minimum Gasteiger partial charge on any atom is -0.333 e. The molecule has 0 saturated carbocycles. The second kappa shape index (κ2) is 10.3. The van der Waals surface area contributed by atoms with Crippen molar-refractivity contribution in [3.63, 3.8) is 0 Å². The lowest BCUT2D eigenvalue weighted by Crippen LogP contribution is -2.42. The molecule has 1 aromatic carbocycles. The first-order chi connectivity index (χ1) is 12.5. The fourth-order valence-corrected chi connectivity index (χ4v) is 4.31. The van der Waals surface area contributed by atoms with Gasteiger partial charge in [-0.15, -0.1) is 12.4 Å². The van der Waals surface area contributed by atoms with Crippen LogP contribution in [0.3, 0.4) is 0 Å². The van der Waals surface area contributed by atoms with Gasteiger partial charge in [-0.05, 0) is 62.3 Å². The lowest BCUT2D eigenvalue weighted by molar-refractivity contribution is -0.135. The van der Waals surface area contributed by atoms with Gasteiger partial charge in [0.2, 0.25) is 11.8 Å². The molecule has 2 unspecified atom stereocenters. The Morgan fingerprint density at radius 3 is 2.41 bits per heavy atom. The van der Waals surface area contributed by atoms with Crippen molar-refractivity contribution in [3.8, 4) is 0 Å². The van der Waals surface area contributed by atoms with E-state index in [1.165, 1.54) is 12.8 Å². The highest BCUT2D eigenvalue weighted by molar-refractivity contribution is 6.30. The van der Waals surface area contributed by atoms with Crippen LogP contribution in [-0.4, -0.2) is 41.9 Å². The molecule has 0 spiro atoms. The van der Waals surface area contributed by atoms with E-state index in [1.807, 2.05) is 6.92 Å². The fourth-order valence-electron chi connectivity index (χ4n) is 4.19. The van der Waals surface area contributed by atoms with Crippen molar-refractivity contribution >= 4 is 41.5 Å². The molecule has 0 aliphatic carbocycles. The minimum atomic E-state index is -0.167. The summed E-state index contributed by atoms with van der Waals surface area (Å²) in [6.07, 6.45) is 6.04. The summed E-state index contributed by atoms with van der Waals surface area (Å²) < 4.78 is 0. The molecule has 2 saturated heterocycles. The number of rotatable bonds is 7. The first-order valence-corrected chi connectivity index (χ1v) is 10.0. The Hall–Kier alpha value is -1.30. The maximum absolute atomic E-state index is 12.8. The number of hydrogen-bond acceptors (Lipinski definition) is 3. The van der Waals surface area contributed by atoms with Crippen molar-refractivity contribution in [2.45, 2.75) is 57.5 Å². The summed E-state index contributed by atoms with van der Waals surface area (Å²) in [6, 6.07) is 8.15. The third-order valence-corrected chi connectivity index (χ3v) is 5.59. The van der Waals surface area contributed by atoms with E-state index in [0.717, 1.165) is 19.3 Å². The summed E-state index contributed by atoms with van der Waals surface area (Å²) in [5.41, 5.74) is 0.693. The topological polar surface area (TPSA) is 61.4 Å². The second-order valence-corrected chi connectivity index (χ2v) is 7.99. The summed E-state index contributed by atoms with van der Waals surface area (Å²) in [5, 5.41) is 7.08. The van der Waals surface area contributed by atoms with Crippen molar-refractivity contribution in [2.24, 2.45) is 5.92 Å². The Balaban J connectivity index is 0.00000261. The number of hydrogen-bond donors (Lipinski definition) is 2. The molecule has 27 heavy (non-hydrogen) atoms. The lowest BCUT2D eigenvalue weighted by atomic mass is 9.89. The monoisotopic (exact) mass is 413 g/mol. The van der Waals surface area contributed by atoms with Crippen LogP contribution < -0.4 is 10.6 Å². The van der Waals surface area contributed by atoms with Crippen molar-refractivity contribution < 1.29 is 9.59 Å². The second-order valence-electron chi connectivity index (χ2n) is 7.55. The number of benzene rings is 1. The normalized spacial score (nSPS) is 23.4. The van der Waals surface area contributed by atoms with Crippen molar-refractivity contribution in [2.75, 3.05) is 18.4 Å². The van der Waals surface area contributed by atoms with Crippen LogP contribution in [0.15, 0.2) is 24.3 Å². The Kier molecular flexibility index (Phi) is 8.39. The molecule has 7 heteroatoms. The highest BCUT2D eigenvalue weighted by Crippen LogP contribution is 2.33. The number of piperidine rings is 1. The number of carbonyl (C=O) groups is 2. The van der Waals surface area contributed by atoms with Gasteiger partial charge in [-0.25, -0.2) is 0 Å². The van der Waals surface area contributed by atoms with E-state index in [1.54, 1.807) is 29.2 Å². The molecule has 150 valence electrons. The molecule has 2 amide bonds. The first kappa shape index (κ1) is 22.0. The van der Waals surface area contributed by atoms with Gasteiger partial charge in [0, 0.05) is 35.8 Å². The molecule has 5 nitrogen and oxygen atoms in total. The van der Waals surface area contributed by atoms with E-state index in [9.17, 15) is 9.59 Å². The van der Waals surface area contributed by atoms with Gasteiger partial charge in [-0.2, -0.15) is 0 Å². The van der Waals surface area contributed by atoms with Gasteiger partial charge in [0.15, 0.2) is 0 Å². The van der Waals surface area contributed by atoms with Gasteiger partial charge >= 0.3 is 0 Å². The third-order valence-electron chi connectivity index (χ3n) is 5.34. The largest absolute Gasteiger partial charge is 0.333 e. The Morgan fingerprint density at radius 1 is 1.19 bits per heavy atom. The SMILES string of the molecule is CCCN(CC(=O)Nc1ccc(Cl)cc1)C(=O)CC1CC2CCC(C1)N2.Cl.